The summed E-state index contributed by atoms with van der Waals surface area (Å²) >= 11 is 0. The molecule has 1 aliphatic carbocycles. The van der Waals surface area contributed by atoms with Gasteiger partial charge in [-0.15, -0.1) is 0 Å². The number of hydrogen-bond donors (Lipinski definition) is 1. The molecule has 2 heteroatoms. The molecule has 1 unspecified atom stereocenters. The Morgan fingerprint density at radius 3 is 2.57 bits per heavy atom. The minimum absolute atomic E-state index is 0.383. The molecule has 0 radical (unpaired) electrons. The third kappa shape index (κ3) is 2.37. The van der Waals surface area contributed by atoms with Gasteiger partial charge in [0, 0.05) is 12.6 Å². The average molecular weight is 195 g/mol. The van der Waals surface area contributed by atoms with Gasteiger partial charge in [0.1, 0.15) is 0 Å². The predicted molar refractivity (Wildman–Crippen MR) is 58.2 cm³/mol. The molecule has 0 amide bonds. The van der Waals surface area contributed by atoms with Crippen molar-refractivity contribution < 1.29 is 5.11 Å². The first kappa shape index (κ1) is 10.2. The number of likely N-dealkylation sites (tertiary alicyclic amines) is 1. The fraction of sp³-hybridized carbons (Fsp3) is 0.833. The van der Waals surface area contributed by atoms with Gasteiger partial charge in [-0.1, -0.05) is 12.2 Å². The maximum atomic E-state index is 9.06. The van der Waals surface area contributed by atoms with Gasteiger partial charge in [0.15, 0.2) is 0 Å². The molecule has 0 aromatic heterocycles. The van der Waals surface area contributed by atoms with Gasteiger partial charge in [-0.25, -0.2) is 0 Å². The number of hydrogen-bond acceptors (Lipinski definition) is 2. The van der Waals surface area contributed by atoms with Gasteiger partial charge in [-0.3, -0.25) is 4.90 Å². The summed E-state index contributed by atoms with van der Waals surface area (Å²) in [5.41, 5.74) is 0. The summed E-state index contributed by atoms with van der Waals surface area (Å²) in [4.78, 5) is 2.59. The standard InChI is InChI=1S/C12H21NO/c14-10-11-6-8-13(9-7-11)12-4-2-1-3-5-12/h2,4,11-12,14H,1,3,5-10H2. The second-order valence-corrected chi connectivity index (χ2v) is 4.59. The van der Waals surface area contributed by atoms with Crippen LogP contribution in [-0.2, 0) is 0 Å². The third-order valence-corrected chi connectivity index (χ3v) is 3.61. The van der Waals surface area contributed by atoms with E-state index in [1.807, 2.05) is 0 Å². The van der Waals surface area contributed by atoms with E-state index in [4.69, 9.17) is 5.11 Å². The van der Waals surface area contributed by atoms with E-state index in [-0.39, 0.29) is 0 Å². The number of rotatable bonds is 2. The van der Waals surface area contributed by atoms with Crippen molar-refractivity contribution in [2.75, 3.05) is 19.7 Å². The van der Waals surface area contributed by atoms with E-state index >= 15 is 0 Å². The normalized spacial score (nSPS) is 30.8. The van der Waals surface area contributed by atoms with Crippen LogP contribution in [0.3, 0.4) is 0 Å². The molecule has 2 rings (SSSR count). The maximum Gasteiger partial charge on any atom is 0.0460 e. The van der Waals surface area contributed by atoms with Crippen molar-refractivity contribution >= 4 is 0 Å². The lowest BCUT2D eigenvalue weighted by atomic mass is 9.94. The Morgan fingerprint density at radius 1 is 1.21 bits per heavy atom. The van der Waals surface area contributed by atoms with Crippen LogP contribution in [0.15, 0.2) is 12.2 Å². The molecular formula is C12H21NO. The average Bonchev–Trinajstić information content (AvgIpc) is 2.30. The van der Waals surface area contributed by atoms with Crippen LogP contribution in [0.2, 0.25) is 0 Å². The van der Waals surface area contributed by atoms with Crippen LogP contribution in [0.5, 0.6) is 0 Å². The van der Waals surface area contributed by atoms with Crippen molar-refractivity contribution in [1.82, 2.24) is 4.90 Å². The molecule has 0 bridgehead atoms. The van der Waals surface area contributed by atoms with Crippen molar-refractivity contribution in [3.63, 3.8) is 0 Å². The number of aliphatic hydroxyl groups is 1. The monoisotopic (exact) mass is 195 g/mol. The topological polar surface area (TPSA) is 23.5 Å². The van der Waals surface area contributed by atoms with E-state index in [1.165, 1.54) is 45.2 Å². The SMILES string of the molecule is OCC1CCN(C2C=CCCC2)CC1. The number of aliphatic hydroxyl groups excluding tert-OH is 1. The summed E-state index contributed by atoms with van der Waals surface area (Å²) in [5, 5.41) is 9.06. The minimum Gasteiger partial charge on any atom is -0.396 e. The Kier molecular flexibility index (Phi) is 3.60. The molecule has 1 heterocycles. The van der Waals surface area contributed by atoms with Crippen LogP contribution in [0.1, 0.15) is 32.1 Å². The zero-order chi connectivity index (χ0) is 9.80. The zero-order valence-corrected chi connectivity index (χ0v) is 8.86. The van der Waals surface area contributed by atoms with Crippen molar-refractivity contribution in [2.24, 2.45) is 5.92 Å². The van der Waals surface area contributed by atoms with E-state index in [0.717, 1.165) is 0 Å². The third-order valence-electron chi connectivity index (χ3n) is 3.61. The fourth-order valence-electron chi connectivity index (χ4n) is 2.57. The van der Waals surface area contributed by atoms with Crippen LogP contribution in [0, 0.1) is 5.92 Å². The van der Waals surface area contributed by atoms with Crippen LogP contribution in [-0.4, -0.2) is 35.7 Å². The Hall–Kier alpha value is -0.340. The second kappa shape index (κ2) is 4.94. The first-order chi connectivity index (χ1) is 6.90. The molecule has 1 N–H and O–H groups in total. The van der Waals surface area contributed by atoms with Gasteiger partial charge in [-0.05, 0) is 51.1 Å². The zero-order valence-electron chi connectivity index (χ0n) is 8.86. The van der Waals surface area contributed by atoms with Gasteiger partial charge in [0.05, 0.1) is 0 Å². The smallest absolute Gasteiger partial charge is 0.0460 e. The molecule has 1 fully saturated rings. The Morgan fingerprint density at radius 2 is 2.00 bits per heavy atom. The van der Waals surface area contributed by atoms with Crippen LogP contribution in [0.25, 0.3) is 0 Å². The van der Waals surface area contributed by atoms with E-state index in [1.54, 1.807) is 0 Å². The second-order valence-electron chi connectivity index (χ2n) is 4.59. The minimum atomic E-state index is 0.383. The van der Waals surface area contributed by atoms with E-state index < -0.39 is 0 Å². The first-order valence-electron chi connectivity index (χ1n) is 5.91. The highest BCUT2D eigenvalue weighted by molar-refractivity contribution is 4.99. The summed E-state index contributed by atoms with van der Waals surface area (Å²) in [7, 11) is 0. The molecule has 0 aromatic rings. The van der Waals surface area contributed by atoms with Crippen molar-refractivity contribution in [1.29, 1.82) is 0 Å². The quantitative estimate of drug-likeness (QED) is 0.679. The molecule has 1 aliphatic heterocycles. The maximum absolute atomic E-state index is 9.06. The van der Waals surface area contributed by atoms with Crippen LogP contribution in [0.4, 0.5) is 0 Å². The predicted octanol–water partition coefficient (Wildman–Crippen LogP) is 1.80. The van der Waals surface area contributed by atoms with Gasteiger partial charge in [0.25, 0.3) is 0 Å². The lowest BCUT2D eigenvalue weighted by Crippen LogP contribution is -2.41. The van der Waals surface area contributed by atoms with Crippen molar-refractivity contribution in [3.8, 4) is 0 Å². The molecule has 80 valence electrons. The van der Waals surface area contributed by atoms with E-state index in [9.17, 15) is 0 Å². The van der Waals surface area contributed by atoms with Gasteiger partial charge in [0.2, 0.25) is 0 Å². The van der Waals surface area contributed by atoms with Crippen LogP contribution >= 0.6 is 0 Å². The van der Waals surface area contributed by atoms with Gasteiger partial charge < -0.3 is 5.11 Å². The van der Waals surface area contributed by atoms with Gasteiger partial charge >= 0.3 is 0 Å². The molecule has 1 atom stereocenters. The summed E-state index contributed by atoms with van der Waals surface area (Å²) in [6, 6.07) is 0.698. The van der Waals surface area contributed by atoms with E-state index in [0.29, 0.717) is 18.6 Å². The highest BCUT2D eigenvalue weighted by Crippen LogP contribution is 2.23. The molecule has 14 heavy (non-hydrogen) atoms. The van der Waals surface area contributed by atoms with Crippen molar-refractivity contribution in [2.45, 2.75) is 38.1 Å². The highest BCUT2D eigenvalue weighted by Gasteiger charge is 2.23. The number of allylic oxidation sites excluding steroid dienone is 1. The number of nitrogens with zero attached hydrogens (tertiary/aromatic N) is 1. The van der Waals surface area contributed by atoms with Crippen molar-refractivity contribution in [3.05, 3.63) is 12.2 Å². The number of piperidine rings is 1. The molecule has 0 spiro atoms. The summed E-state index contributed by atoms with van der Waals surface area (Å²) in [6.07, 6.45) is 11.0. The molecule has 0 aromatic carbocycles. The summed E-state index contributed by atoms with van der Waals surface area (Å²) in [5.74, 6) is 0.568. The van der Waals surface area contributed by atoms with Gasteiger partial charge in [-0.2, -0.15) is 0 Å². The largest absolute Gasteiger partial charge is 0.396 e. The summed E-state index contributed by atoms with van der Waals surface area (Å²) in [6.45, 7) is 2.74. The molecule has 0 saturated carbocycles. The lowest BCUT2D eigenvalue weighted by Gasteiger charge is -2.36. The highest BCUT2D eigenvalue weighted by atomic mass is 16.3. The summed E-state index contributed by atoms with van der Waals surface area (Å²) < 4.78 is 0. The first-order valence-corrected chi connectivity index (χ1v) is 5.91. The Bertz CT molecular complexity index is 194. The molecule has 2 nitrogen and oxygen atoms in total. The lowest BCUT2D eigenvalue weighted by molar-refractivity contribution is 0.109. The fourth-order valence-corrected chi connectivity index (χ4v) is 2.57. The van der Waals surface area contributed by atoms with E-state index in [2.05, 4.69) is 17.1 Å². The molecular weight excluding hydrogens is 174 g/mol. The molecule has 2 aliphatic rings. The van der Waals surface area contributed by atoms with Crippen LogP contribution < -0.4 is 0 Å². The Balaban J connectivity index is 1.82. The Labute approximate surface area is 86.6 Å². The molecule has 1 saturated heterocycles.